The van der Waals surface area contributed by atoms with Crippen molar-refractivity contribution >= 4 is 0 Å². The molecule has 0 aliphatic carbocycles. The van der Waals surface area contributed by atoms with Crippen molar-refractivity contribution in [3.8, 4) is 0 Å². The highest BCUT2D eigenvalue weighted by Crippen LogP contribution is 1.96. The highest BCUT2D eigenvalue weighted by atomic mass is 15.0. The van der Waals surface area contributed by atoms with E-state index >= 15 is 0 Å². The SMILES string of the molecule is CC.CCNCc1ncc(CC)[nH]1. The van der Waals surface area contributed by atoms with Crippen LogP contribution in [0.4, 0.5) is 0 Å². The molecule has 1 aromatic heterocycles. The summed E-state index contributed by atoms with van der Waals surface area (Å²) in [7, 11) is 0. The maximum absolute atomic E-state index is 4.21. The predicted molar refractivity (Wildman–Crippen MR) is 56.7 cm³/mol. The zero-order valence-electron chi connectivity index (χ0n) is 9.15. The molecule has 0 unspecified atom stereocenters. The second-order valence-electron chi connectivity index (χ2n) is 2.49. The normalized spacial score (nSPS) is 9.23. The molecule has 0 aromatic carbocycles. The highest BCUT2D eigenvalue weighted by molar-refractivity contribution is 5.00. The molecule has 0 bridgehead atoms. The van der Waals surface area contributed by atoms with Gasteiger partial charge in [-0.3, -0.25) is 0 Å². The van der Waals surface area contributed by atoms with Crippen LogP contribution in [0.3, 0.4) is 0 Å². The third-order valence-corrected chi connectivity index (χ3v) is 1.60. The van der Waals surface area contributed by atoms with Crippen LogP contribution in [0.2, 0.25) is 0 Å². The van der Waals surface area contributed by atoms with Crippen LogP contribution >= 0.6 is 0 Å². The number of aryl methyl sites for hydroxylation is 1. The van der Waals surface area contributed by atoms with Gasteiger partial charge in [0.15, 0.2) is 0 Å². The van der Waals surface area contributed by atoms with Crippen molar-refractivity contribution in [1.29, 1.82) is 0 Å². The molecular formula is C10H21N3. The largest absolute Gasteiger partial charge is 0.345 e. The monoisotopic (exact) mass is 183 g/mol. The van der Waals surface area contributed by atoms with Gasteiger partial charge >= 0.3 is 0 Å². The summed E-state index contributed by atoms with van der Waals surface area (Å²) >= 11 is 0. The Morgan fingerprint density at radius 2 is 2.08 bits per heavy atom. The van der Waals surface area contributed by atoms with Gasteiger partial charge in [0.1, 0.15) is 5.82 Å². The second kappa shape index (κ2) is 7.80. The van der Waals surface area contributed by atoms with E-state index < -0.39 is 0 Å². The standard InChI is InChI=1S/C8H15N3.C2H6/c1-3-7-5-10-8(11-7)6-9-4-2;1-2/h5,9H,3-4,6H2,1-2H3,(H,10,11);1-2H3. The molecule has 0 spiro atoms. The molecule has 3 heteroatoms. The molecule has 1 heterocycles. The molecule has 0 radical (unpaired) electrons. The molecule has 2 N–H and O–H groups in total. The number of nitrogens with one attached hydrogen (secondary N) is 2. The Morgan fingerprint density at radius 1 is 1.38 bits per heavy atom. The molecule has 0 atom stereocenters. The first kappa shape index (κ1) is 12.2. The third-order valence-electron chi connectivity index (χ3n) is 1.60. The number of aromatic nitrogens is 2. The number of hydrogen-bond acceptors (Lipinski definition) is 2. The van der Waals surface area contributed by atoms with Gasteiger partial charge in [0.25, 0.3) is 0 Å². The molecule has 0 saturated carbocycles. The zero-order valence-corrected chi connectivity index (χ0v) is 9.15. The molecule has 0 amide bonds. The summed E-state index contributed by atoms with van der Waals surface area (Å²) in [5, 5.41) is 3.21. The van der Waals surface area contributed by atoms with Crippen LogP contribution in [0, 0.1) is 0 Å². The van der Waals surface area contributed by atoms with Crippen molar-refractivity contribution < 1.29 is 0 Å². The van der Waals surface area contributed by atoms with E-state index in [9.17, 15) is 0 Å². The van der Waals surface area contributed by atoms with Gasteiger partial charge in [-0.25, -0.2) is 4.98 Å². The summed E-state index contributed by atoms with van der Waals surface area (Å²) < 4.78 is 0. The molecule has 13 heavy (non-hydrogen) atoms. The minimum atomic E-state index is 0.844. The van der Waals surface area contributed by atoms with E-state index in [4.69, 9.17) is 0 Å². The molecule has 0 aliphatic rings. The Hall–Kier alpha value is -0.830. The van der Waals surface area contributed by atoms with Crippen LogP contribution in [0.5, 0.6) is 0 Å². The average molecular weight is 183 g/mol. The van der Waals surface area contributed by atoms with E-state index in [-0.39, 0.29) is 0 Å². The van der Waals surface area contributed by atoms with E-state index in [1.54, 1.807) is 0 Å². The lowest BCUT2D eigenvalue weighted by molar-refractivity contribution is 0.696. The predicted octanol–water partition coefficient (Wildman–Crippen LogP) is 2.11. The maximum atomic E-state index is 4.21. The van der Waals surface area contributed by atoms with Crippen LogP contribution in [-0.4, -0.2) is 16.5 Å². The fourth-order valence-electron chi connectivity index (χ4n) is 0.919. The van der Waals surface area contributed by atoms with Crippen molar-refractivity contribution in [2.75, 3.05) is 6.54 Å². The maximum Gasteiger partial charge on any atom is 0.120 e. The van der Waals surface area contributed by atoms with Crippen LogP contribution in [0.15, 0.2) is 6.20 Å². The van der Waals surface area contributed by atoms with Crippen molar-refractivity contribution in [3.63, 3.8) is 0 Å². The molecule has 0 saturated heterocycles. The van der Waals surface area contributed by atoms with E-state index in [1.165, 1.54) is 5.69 Å². The summed E-state index contributed by atoms with van der Waals surface area (Å²) in [5.74, 6) is 1.03. The van der Waals surface area contributed by atoms with Crippen molar-refractivity contribution in [3.05, 3.63) is 17.7 Å². The molecule has 0 aliphatic heterocycles. The second-order valence-corrected chi connectivity index (χ2v) is 2.49. The lowest BCUT2D eigenvalue weighted by Gasteiger charge is -1.95. The summed E-state index contributed by atoms with van der Waals surface area (Å²) in [5.41, 5.74) is 1.21. The average Bonchev–Trinajstić information content (AvgIpc) is 2.65. The fourth-order valence-corrected chi connectivity index (χ4v) is 0.919. The topological polar surface area (TPSA) is 40.7 Å². The van der Waals surface area contributed by atoms with E-state index in [0.29, 0.717) is 0 Å². The number of hydrogen-bond donors (Lipinski definition) is 2. The van der Waals surface area contributed by atoms with Crippen LogP contribution in [0.1, 0.15) is 39.2 Å². The van der Waals surface area contributed by atoms with Crippen molar-refractivity contribution in [1.82, 2.24) is 15.3 Å². The number of aromatic amines is 1. The summed E-state index contributed by atoms with van der Waals surface area (Å²) in [6.07, 6.45) is 2.92. The van der Waals surface area contributed by atoms with E-state index in [1.807, 2.05) is 20.0 Å². The lowest BCUT2D eigenvalue weighted by Crippen LogP contribution is -2.12. The minimum absolute atomic E-state index is 0.844. The number of H-pyrrole nitrogens is 1. The Morgan fingerprint density at radius 3 is 2.54 bits per heavy atom. The smallest absolute Gasteiger partial charge is 0.120 e. The van der Waals surface area contributed by atoms with Gasteiger partial charge in [-0.2, -0.15) is 0 Å². The van der Waals surface area contributed by atoms with Gasteiger partial charge < -0.3 is 10.3 Å². The first-order valence-corrected chi connectivity index (χ1v) is 5.10. The van der Waals surface area contributed by atoms with E-state index in [0.717, 1.165) is 25.3 Å². The summed E-state index contributed by atoms with van der Waals surface area (Å²) in [6.45, 7) is 10.0. The van der Waals surface area contributed by atoms with Gasteiger partial charge in [-0.1, -0.05) is 27.7 Å². The van der Waals surface area contributed by atoms with Gasteiger partial charge in [0.2, 0.25) is 0 Å². The summed E-state index contributed by atoms with van der Waals surface area (Å²) in [4.78, 5) is 7.43. The van der Waals surface area contributed by atoms with Gasteiger partial charge in [0.05, 0.1) is 6.54 Å². The molecule has 3 nitrogen and oxygen atoms in total. The fraction of sp³-hybridized carbons (Fsp3) is 0.700. The Labute approximate surface area is 81.0 Å². The number of nitrogens with zero attached hydrogens (tertiary/aromatic N) is 1. The molecule has 1 rings (SSSR count). The first-order valence-electron chi connectivity index (χ1n) is 5.10. The van der Waals surface area contributed by atoms with Crippen molar-refractivity contribution in [2.24, 2.45) is 0 Å². The van der Waals surface area contributed by atoms with Crippen LogP contribution < -0.4 is 5.32 Å². The zero-order chi connectivity index (χ0) is 10.1. The minimum Gasteiger partial charge on any atom is -0.345 e. The van der Waals surface area contributed by atoms with E-state index in [2.05, 4.69) is 29.1 Å². The molecule has 76 valence electrons. The van der Waals surface area contributed by atoms with Crippen molar-refractivity contribution in [2.45, 2.75) is 40.7 Å². The quantitative estimate of drug-likeness (QED) is 0.750. The number of imidazole rings is 1. The van der Waals surface area contributed by atoms with Gasteiger partial charge in [-0.05, 0) is 13.0 Å². The lowest BCUT2D eigenvalue weighted by atomic mass is 10.4. The Kier molecular flexibility index (Phi) is 7.30. The van der Waals surface area contributed by atoms with Gasteiger partial charge in [-0.15, -0.1) is 0 Å². The molecular weight excluding hydrogens is 162 g/mol. The highest BCUT2D eigenvalue weighted by Gasteiger charge is 1.95. The molecule has 0 fully saturated rings. The van der Waals surface area contributed by atoms with Gasteiger partial charge in [0, 0.05) is 11.9 Å². The van der Waals surface area contributed by atoms with Crippen LogP contribution in [0.25, 0.3) is 0 Å². The Balaban J connectivity index is 0.000000671. The third kappa shape index (κ3) is 4.68. The number of rotatable bonds is 4. The summed E-state index contributed by atoms with van der Waals surface area (Å²) in [6, 6.07) is 0. The molecule has 1 aromatic rings. The van der Waals surface area contributed by atoms with Crippen LogP contribution in [-0.2, 0) is 13.0 Å². The Bertz CT molecular complexity index is 206. The first-order chi connectivity index (χ1) is 6.36.